The summed E-state index contributed by atoms with van der Waals surface area (Å²) in [7, 11) is 0. The van der Waals surface area contributed by atoms with Gasteiger partial charge in [0.2, 0.25) is 0 Å². The number of para-hydroxylation sites is 1. The summed E-state index contributed by atoms with van der Waals surface area (Å²) in [5.74, 6) is -0.181. The number of hydrogen-bond acceptors (Lipinski definition) is 3. The molecule has 5 nitrogen and oxygen atoms in total. The number of unbranched alkanes of at least 4 members (excludes halogenated alkanes) is 1. The maximum Gasteiger partial charge on any atom is 0.303 e. The predicted octanol–water partition coefficient (Wildman–Crippen LogP) is 1.72. The summed E-state index contributed by atoms with van der Waals surface area (Å²) < 4.78 is 0. The van der Waals surface area contributed by atoms with Gasteiger partial charge in [0.15, 0.2) is 0 Å². The van der Waals surface area contributed by atoms with Crippen molar-refractivity contribution in [3.05, 3.63) is 40.4 Å². The first-order valence-corrected chi connectivity index (χ1v) is 5.86. The molecule has 94 valence electrons. The Hall–Kier alpha value is -2.17. The Kier molecular flexibility index (Phi) is 3.72. The van der Waals surface area contributed by atoms with Crippen molar-refractivity contribution in [1.82, 2.24) is 9.97 Å². The van der Waals surface area contributed by atoms with E-state index in [0.717, 1.165) is 0 Å². The van der Waals surface area contributed by atoms with E-state index in [4.69, 9.17) is 5.11 Å². The lowest BCUT2D eigenvalue weighted by Gasteiger charge is -2.02. The number of carboxylic acid groups (broad SMARTS) is 1. The third-order valence-electron chi connectivity index (χ3n) is 2.72. The zero-order chi connectivity index (χ0) is 13.0. The standard InChI is InChI=1S/C13H14N2O3/c16-12(17)8-4-3-7-11-14-10-6-2-1-5-9(10)13(18)15-11/h1-2,5-6H,3-4,7-8H2,(H,16,17)(H,14,15,18). The van der Waals surface area contributed by atoms with E-state index in [-0.39, 0.29) is 12.0 Å². The molecule has 0 unspecified atom stereocenters. The molecule has 0 amide bonds. The molecule has 1 aromatic heterocycles. The van der Waals surface area contributed by atoms with E-state index in [1.54, 1.807) is 18.2 Å². The minimum Gasteiger partial charge on any atom is -0.481 e. The first kappa shape index (κ1) is 12.3. The fourth-order valence-corrected chi connectivity index (χ4v) is 1.82. The number of fused-ring (bicyclic) bond motifs is 1. The summed E-state index contributed by atoms with van der Waals surface area (Å²) in [4.78, 5) is 29.2. The van der Waals surface area contributed by atoms with Gasteiger partial charge in [-0.1, -0.05) is 12.1 Å². The number of carbonyl (C=O) groups is 1. The van der Waals surface area contributed by atoms with E-state index in [1.165, 1.54) is 0 Å². The van der Waals surface area contributed by atoms with Gasteiger partial charge in [0.05, 0.1) is 10.9 Å². The SMILES string of the molecule is O=C(O)CCCCc1nc2ccccc2c(=O)[nH]1. The second-order valence-corrected chi connectivity index (χ2v) is 4.13. The number of aryl methyl sites for hydroxylation is 1. The Morgan fingerprint density at radius 1 is 1.28 bits per heavy atom. The number of hydrogen-bond donors (Lipinski definition) is 2. The topological polar surface area (TPSA) is 83.0 Å². The van der Waals surface area contributed by atoms with Gasteiger partial charge < -0.3 is 10.1 Å². The Morgan fingerprint density at radius 3 is 2.83 bits per heavy atom. The van der Waals surface area contributed by atoms with Gasteiger partial charge in [-0.15, -0.1) is 0 Å². The lowest BCUT2D eigenvalue weighted by molar-refractivity contribution is -0.137. The van der Waals surface area contributed by atoms with Crippen LogP contribution in [0.25, 0.3) is 10.9 Å². The van der Waals surface area contributed by atoms with E-state index in [9.17, 15) is 9.59 Å². The van der Waals surface area contributed by atoms with Crippen molar-refractivity contribution in [2.24, 2.45) is 0 Å². The number of nitrogens with one attached hydrogen (secondary N) is 1. The molecule has 2 aromatic rings. The molecule has 0 atom stereocenters. The van der Waals surface area contributed by atoms with Crippen LogP contribution in [0.2, 0.25) is 0 Å². The Balaban J connectivity index is 2.10. The number of aromatic nitrogens is 2. The third-order valence-corrected chi connectivity index (χ3v) is 2.72. The largest absolute Gasteiger partial charge is 0.481 e. The van der Waals surface area contributed by atoms with Crippen LogP contribution in [0.15, 0.2) is 29.1 Å². The Morgan fingerprint density at radius 2 is 2.06 bits per heavy atom. The fraction of sp³-hybridized carbons (Fsp3) is 0.308. The molecule has 0 saturated heterocycles. The number of nitrogens with zero attached hydrogens (tertiary/aromatic N) is 1. The summed E-state index contributed by atoms with van der Waals surface area (Å²) in [5.41, 5.74) is 0.531. The number of benzene rings is 1. The second-order valence-electron chi connectivity index (χ2n) is 4.13. The van der Waals surface area contributed by atoms with Crippen LogP contribution in [0.3, 0.4) is 0 Å². The molecular formula is C13H14N2O3. The molecule has 0 bridgehead atoms. The molecule has 1 heterocycles. The molecular weight excluding hydrogens is 232 g/mol. The summed E-state index contributed by atoms with van der Waals surface area (Å²) in [6.45, 7) is 0. The first-order chi connectivity index (χ1) is 8.66. The molecule has 2 N–H and O–H groups in total. The van der Waals surface area contributed by atoms with Gasteiger partial charge in [-0.25, -0.2) is 4.98 Å². The summed E-state index contributed by atoms with van der Waals surface area (Å²) in [6, 6.07) is 7.16. The van der Waals surface area contributed by atoms with Crippen LogP contribution in [0.5, 0.6) is 0 Å². The quantitative estimate of drug-likeness (QED) is 0.787. The number of carboxylic acids is 1. The smallest absolute Gasteiger partial charge is 0.303 e. The van der Waals surface area contributed by atoms with Crippen LogP contribution >= 0.6 is 0 Å². The van der Waals surface area contributed by atoms with Crippen molar-refractivity contribution in [3.63, 3.8) is 0 Å². The van der Waals surface area contributed by atoms with Crippen molar-refractivity contribution in [3.8, 4) is 0 Å². The molecule has 0 saturated carbocycles. The van der Waals surface area contributed by atoms with Gasteiger partial charge in [0, 0.05) is 12.8 Å². The molecule has 0 fully saturated rings. The van der Waals surface area contributed by atoms with Crippen LogP contribution < -0.4 is 5.56 Å². The Bertz CT molecular complexity index is 619. The highest BCUT2D eigenvalue weighted by molar-refractivity contribution is 5.77. The van der Waals surface area contributed by atoms with Gasteiger partial charge >= 0.3 is 5.97 Å². The maximum atomic E-state index is 11.8. The molecule has 0 spiro atoms. The second kappa shape index (κ2) is 5.44. The van der Waals surface area contributed by atoms with Crippen molar-refractivity contribution < 1.29 is 9.90 Å². The van der Waals surface area contributed by atoms with Crippen LogP contribution in [0.1, 0.15) is 25.1 Å². The van der Waals surface area contributed by atoms with E-state index < -0.39 is 5.97 Å². The average molecular weight is 246 g/mol. The highest BCUT2D eigenvalue weighted by Crippen LogP contribution is 2.07. The normalized spacial score (nSPS) is 10.7. The molecule has 5 heteroatoms. The van der Waals surface area contributed by atoms with Crippen LogP contribution in [0.4, 0.5) is 0 Å². The third kappa shape index (κ3) is 2.94. The van der Waals surface area contributed by atoms with Gasteiger partial charge in [-0.3, -0.25) is 9.59 Å². The maximum absolute atomic E-state index is 11.8. The lowest BCUT2D eigenvalue weighted by Crippen LogP contribution is -2.11. The number of H-pyrrole nitrogens is 1. The number of rotatable bonds is 5. The van der Waals surface area contributed by atoms with Gasteiger partial charge in [0.1, 0.15) is 5.82 Å². The number of aliphatic carboxylic acids is 1. The summed E-state index contributed by atoms with van der Waals surface area (Å²) in [5, 5.41) is 9.10. The molecule has 0 aliphatic heterocycles. The molecule has 0 aliphatic carbocycles. The number of aromatic amines is 1. The zero-order valence-corrected chi connectivity index (χ0v) is 9.85. The van der Waals surface area contributed by atoms with E-state index in [0.29, 0.717) is 36.0 Å². The van der Waals surface area contributed by atoms with Crippen LogP contribution in [0, 0.1) is 0 Å². The molecule has 0 aliphatic rings. The molecule has 1 aromatic carbocycles. The molecule has 2 rings (SSSR count). The van der Waals surface area contributed by atoms with Gasteiger partial charge in [0.25, 0.3) is 5.56 Å². The van der Waals surface area contributed by atoms with Crippen LogP contribution in [-0.4, -0.2) is 21.0 Å². The van der Waals surface area contributed by atoms with E-state index in [1.807, 2.05) is 6.07 Å². The van der Waals surface area contributed by atoms with Crippen molar-refractivity contribution in [1.29, 1.82) is 0 Å². The highest BCUT2D eigenvalue weighted by atomic mass is 16.4. The van der Waals surface area contributed by atoms with Crippen molar-refractivity contribution >= 4 is 16.9 Å². The van der Waals surface area contributed by atoms with E-state index >= 15 is 0 Å². The lowest BCUT2D eigenvalue weighted by atomic mass is 10.2. The Labute approximate surface area is 103 Å². The minimum absolute atomic E-state index is 0.145. The van der Waals surface area contributed by atoms with Crippen molar-refractivity contribution in [2.45, 2.75) is 25.7 Å². The summed E-state index contributed by atoms with van der Waals surface area (Å²) in [6.07, 6.45) is 2.03. The van der Waals surface area contributed by atoms with Crippen molar-refractivity contribution in [2.75, 3.05) is 0 Å². The first-order valence-electron chi connectivity index (χ1n) is 5.86. The highest BCUT2D eigenvalue weighted by Gasteiger charge is 2.03. The average Bonchev–Trinajstić information content (AvgIpc) is 2.35. The zero-order valence-electron chi connectivity index (χ0n) is 9.85. The van der Waals surface area contributed by atoms with Gasteiger partial charge in [-0.05, 0) is 25.0 Å². The minimum atomic E-state index is -0.796. The predicted molar refractivity (Wildman–Crippen MR) is 67.6 cm³/mol. The summed E-state index contributed by atoms with van der Waals surface area (Å²) >= 11 is 0. The molecule has 18 heavy (non-hydrogen) atoms. The van der Waals surface area contributed by atoms with Crippen LogP contribution in [-0.2, 0) is 11.2 Å². The van der Waals surface area contributed by atoms with E-state index in [2.05, 4.69) is 9.97 Å². The molecule has 0 radical (unpaired) electrons. The monoisotopic (exact) mass is 246 g/mol. The fourth-order valence-electron chi connectivity index (χ4n) is 1.82. The van der Waals surface area contributed by atoms with Gasteiger partial charge in [-0.2, -0.15) is 0 Å².